The highest BCUT2D eigenvalue weighted by molar-refractivity contribution is 6.32. The van der Waals surface area contributed by atoms with Gasteiger partial charge in [-0.3, -0.25) is 4.79 Å². The molecule has 3 aromatic carbocycles. The third-order valence-corrected chi connectivity index (χ3v) is 5.38. The Labute approximate surface area is 203 Å². The first-order valence-corrected chi connectivity index (χ1v) is 10.4. The van der Waals surface area contributed by atoms with Gasteiger partial charge >= 0.3 is 12.4 Å². The molecular weight excluding hydrogens is 515 g/mol. The fourth-order valence-electron chi connectivity index (χ4n) is 3.32. The fraction of sp³-hybridized carbons (Fsp3) is 0.0833. The molecule has 1 heterocycles. The van der Waals surface area contributed by atoms with Gasteiger partial charge in [-0.05, 0) is 48.5 Å². The van der Waals surface area contributed by atoms with E-state index in [9.17, 15) is 35.5 Å². The first-order valence-electron chi connectivity index (χ1n) is 10.1. The molecule has 0 fully saturated rings. The molecule has 0 aliphatic heterocycles. The molecule has 0 aliphatic rings. The minimum atomic E-state index is -4.74. The molecule has 4 aromatic rings. The predicted molar refractivity (Wildman–Crippen MR) is 118 cm³/mol. The van der Waals surface area contributed by atoms with Crippen LogP contribution in [0.2, 0.25) is 5.02 Å². The Kier molecular flexibility index (Phi) is 6.52. The summed E-state index contributed by atoms with van der Waals surface area (Å²) in [5.74, 6) is -1.99. The van der Waals surface area contributed by atoms with E-state index >= 15 is 0 Å². The lowest BCUT2D eigenvalue weighted by Gasteiger charge is -2.12. The quantitative estimate of drug-likeness (QED) is 0.277. The van der Waals surface area contributed by atoms with Gasteiger partial charge in [0.15, 0.2) is 5.69 Å². The summed E-state index contributed by atoms with van der Waals surface area (Å²) in [5, 5.41) is 5.85. The van der Waals surface area contributed by atoms with E-state index in [2.05, 4.69) is 10.4 Å². The number of para-hydroxylation sites is 1. The number of rotatable bonds is 4. The van der Waals surface area contributed by atoms with Crippen LogP contribution in [0.1, 0.15) is 21.6 Å². The van der Waals surface area contributed by atoms with E-state index in [4.69, 9.17) is 11.6 Å². The maximum absolute atomic E-state index is 14.0. The van der Waals surface area contributed by atoms with Crippen LogP contribution in [-0.2, 0) is 12.4 Å². The summed E-state index contributed by atoms with van der Waals surface area (Å²) in [5.41, 5.74) is -2.62. The van der Waals surface area contributed by atoms with Crippen molar-refractivity contribution in [3.63, 3.8) is 0 Å². The Bertz CT molecular complexity index is 1430. The summed E-state index contributed by atoms with van der Waals surface area (Å²) in [7, 11) is 0. The van der Waals surface area contributed by atoms with Crippen molar-refractivity contribution >= 4 is 23.2 Å². The van der Waals surface area contributed by atoms with Crippen LogP contribution in [0.25, 0.3) is 16.9 Å². The number of amides is 1. The van der Waals surface area contributed by atoms with Gasteiger partial charge in [0, 0.05) is 11.1 Å². The minimum absolute atomic E-state index is 0.0197. The number of alkyl halides is 6. The van der Waals surface area contributed by atoms with Crippen LogP contribution in [0, 0.1) is 5.82 Å². The maximum Gasteiger partial charge on any atom is 0.435 e. The first kappa shape index (κ1) is 25.2. The van der Waals surface area contributed by atoms with Gasteiger partial charge in [-0.25, -0.2) is 9.07 Å². The topological polar surface area (TPSA) is 46.9 Å². The second-order valence-corrected chi connectivity index (χ2v) is 7.91. The van der Waals surface area contributed by atoms with E-state index in [1.807, 2.05) is 0 Å². The molecule has 0 aliphatic carbocycles. The summed E-state index contributed by atoms with van der Waals surface area (Å²) in [6.45, 7) is 0. The van der Waals surface area contributed by atoms with Crippen LogP contribution < -0.4 is 5.32 Å². The minimum Gasteiger partial charge on any atom is -0.319 e. The summed E-state index contributed by atoms with van der Waals surface area (Å²) in [6, 6.07) is 13.6. The van der Waals surface area contributed by atoms with Gasteiger partial charge in [-0.15, -0.1) is 0 Å². The Morgan fingerprint density at radius 2 is 1.53 bits per heavy atom. The molecule has 1 aromatic heterocycles. The van der Waals surface area contributed by atoms with Gasteiger partial charge in [0.25, 0.3) is 5.91 Å². The summed E-state index contributed by atoms with van der Waals surface area (Å²) in [6.07, 6.45) is -9.48. The normalized spacial score (nSPS) is 12.0. The van der Waals surface area contributed by atoms with Crippen molar-refractivity contribution in [1.29, 1.82) is 0 Å². The van der Waals surface area contributed by atoms with Crippen LogP contribution in [-0.4, -0.2) is 15.7 Å². The number of hydrogen-bond acceptors (Lipinski definition) is 2. The zero-order chi connectivity index (χ0) is 26.3. The number of aromatic nitrogens is 2. The van der Waals surface area contributed by atoms with Gasteiger partial charge in [0.1, 0.15) is 5.82 Å². The van der Waals surface area contributed by atoms with E-state index in [0.29, 0.717) is 18.2 Å². The Morgan fingerprint density at radius 3 is 2.14 bits per heavy atom. The third-order valence-electron chi connectivity index (χ3n) is 5.07. The second kappa shape index (κ2) is 9.30. The zero-order valence-corrected chi connectivity index (χ0v) is 18.5. The molecule has 36 heavy (non-hydrogen) atoms. The number of carbonyl (C=O) groups is 1. The van der Waals surface area contributed by atoms with E-state index in [-0.39, 0.29) is 27.5 Å². The molecule has 0 saturated carbocycles. The molecule has 4 nitrogen and oxygen atoms in total. The van der Waals surface area contributed by atoms with Gasteiger partial charge in [-0.2, -0.15) is 31.4 Å². The summed E-state index contributed by atoms with van der Waals surface area (Å²) in [4.78, 5) is 12.5. The van der Waals surface area contributed by atoms with Crippen LogP contribution in [0.15, 0.2) is 72.8 Å². The van der Waals surface area contributed by atoms with Crippen LogP contribution in [0.4, 0.5) is 36.4 Å². The largest absolute Gasteiger partial charge is 0.435 e. The van der Waals surface area contributed by atoms with Crippen molar-refractivity contribution < 1.29 is 35.5 Å². The van der Waals surface area contributed by atoms with E-state index in [0.717, 1.165) is 10.7 Å². The van der Waals surface area contributed by atoms with Gasteiger partial charge in [-0.1, -0.05) is 35.9 Å². The summed E-state index contributed by atoms with van der Waals surface area (Å²) < 4.78 is 93.8. The highest BCUT2D eigenvalue weighted by Crippen LogP contribution is 2.35. The molecule has 0 unspecified atom stereocenters. The Morgan fingerprint density at radius 1 is 0.861 bits per heavy atom. The molecule has 0 spiro atoms. The molecule has 1 amide bonds. The molecule has 12 heteroatoms. The van der Waals surface area contributed by atoms with Crippen molar-refractivity contribution in [2.24, 2.45) is 0 Å². The molecule has 4 rings (SSSR count). The Hall–Kier alpha value is -3.86. The number of hydrogen-bond donors (Lipinski definition) is 1. The highest BCUT2D eigenvalue weighted by Gasteiger charge is 2.35. The lowest BCUT2D eigenvalue weighted by Crippen LogP contribution is -2.14. The first-order chi connectivity index (χ1) is 16.8. The van der Waals surface area contributed by atoms with Gasteiger partial charge in [0.2, 0.25) is 0 Å². The summed E-state index contributed by atoms with van der Waals surface area (Å²) >= 11 is 6.14. The van der Waals surface area contributed by atoms with Gasteiger partial charge < -0.3 is 5.32 Å². The van der Waals surface area contributed by atoms with E-state index in [1.54, 1.807) is 12.1 Å². The van der Waals surface area contributed by atoms with Crippen LogP contribution >= 0.6 is 11.6 Å². The van der Waals surface area contributed by atoms with Crippen molar-refractivity contribution in [3.8, 4) is 16.9 Å². The zero-order valence-electron chi connectivity index (χ0n) is 17.8. The standard InChI is InChI=1S/C24H13ClF7N3O/c25-16-3-1-2-4-19(16)35-20(12-21(34-35)24(30,31)32)13-5-7-14(8-6-13)22(36)33-18-11-15(23(27,28)29)9-10-17(18)26/h1-12H,(H,33,36). The molecule has 0 atom stereocenters. The predicted octanol–water partition coefficient (Wildman–Crippen LogP) is 7.62. The molecule has 1 N–H and O–H groups in total. The molecule has 0 saturated heterocycles. The molecule has 0 radical (unpaired) electrons. The second-order valence-electron chi connectivity index (χ2n) is 7.50. The third kappa shape index (κ3) is 5.20. The van der Waals surface area contributed by atoms with Crippen LogP contribution in [0.5, 0.6) is 0 Å². The number of halogens is 8. The maximum atomic E-state index is 14.0. The lowest BCUT2D eigenvalue weighted by atomic mass is 10.1. The number of nitrogens with one attached hydrogen (secondary N) is 1. The Balaban J connectivity index is 1.66. The smallest absolute Gasteiger partial charge is 0.319 e. The number of nitrogens with zero attached hydrogens (tertiary/aromatic N) is 2. The van der Waals surface area contributed by atoms with Crippen molar-refractivity contribution in [2.75, 3.05) is 5.32 Å². The fourth-order valence-corrected chi connectivity index (χ4v) is 3.53. The lowest BCUT2D eigenvalue weighted by molar-refractivity contribution is -0.141. The number of anilines is 1. The van der Waals surface area contributed by atoms with E-state index in [1.165, 1.54) is 36.4 Å². The molecular formula is C24H13ClF7N3O. The van der Waals surface area contributed by atoms with Crippen molar-refractivity contribution in [3.05, 3.63) is 100 Å². The van der Waals surface area contributed by atoms with Crippen molar-refractivity contribution in [2.45, 2.75) is 12.4 Å². The average Bonchev–Trinajstić information content (AvgIpc) is 3.26. The molecule has 0 bridgehead atoms. The van der Waals surface area contributed by atoms with Crippen LogP contribution in [0.3, 0.4) is 0 Å². The average molecular weight is 528 g/mol. The highest BCUT2D eigenvalue weighted by atomic mass is 35.5. The monoisotopic (exact) mass is 527 g/mol. The van der Waals surface area contributed by atoms with Crippen molar-refractivity contribution in [1.82, 2.24) is 9.78 Å². The SMILES string of the molecule is O=C(Nc1cc(C(F)(F)F)ccc1F)c1ccc(-c2cc(C(F)(F)F)nn2-c2ccccc2Cl)cc1. The van der Waals surface area contributed by atoms with E-state index < -0.39 is 41.0 Å². The number of carbonyl (C=O) groups excluding carboxylic acids is 1. The molecule has 186 valence electrons. The number of benzene rings is 3. The van der Waals surface area contributed by atoms with Gasteiger partial charge in [0.05, 0.1) is 27.7 Å².